The topological polar surface area (TPSA) is 48.5 Å². The van der Waals surface area contributed by atoms with E-state index in [1.807, 2.05) is 18.5 Å². The summed E-state index contributed by atoms with van der Waals surface area (Å²) in [7, 11) is 0. The quantitative estimate of drug-likeness (QED) is 0.794. The molecule has 0 radical (unpaired) electrons. The van der Waals surface area contributed by atoms with E-state index in [0.29, 0.717) is 18.0 Å². The highest BCUT2D eigenvalue weighted by Crippen LogP contribution is 2.25. The molecule has 1 atom stereocenters. The Hall–Kier alpha value is -1.46. The number of carbonyl (C=O) groups excluding carboxylic acids is 1. The highest BCUT2D eigenvalue weighted by Gasteiger charge is 2.32. The summed E-state index contributed by atoms with van der Waals surface area (Å²) in [6.07, 6.45) is 17.5. The van der Waals surface area contributed by atoms with Crippen molar-refractivity contribution in [2.24, 2.45) is 5.92 Å². The molecule has 2 saturated heterocycles. The third-order valence-corrected chi connectivity index (χ3v) is 7.48. The summed E-state index contributed by atoms with van der Waals surface area (Å²) in [5.41, 5.74) is 1.31. The van der Waals surface area contributed by atoms with Crippen LogP contribution in [0.25, 0.3) is 0 Å². The summed E-state index contributed by atoms with van der Waals surface area (Å²) < 4.78 is 0. The molecule has 166 valence electrons. The van der Waals surface area contributed by atoms with E-state index in [9.17, 15) is 4.79 Å². The van der Waals surface area contributed by atoms with Crippen molar-refractivity contribution >= 4 is 5.91 Å². The minimum Gasteiger partial charge on any atom is -0.353 e. The van der Waals surface area contributed by atoms with Crippen molar-refractivity contribution in [3.63, 3.8) is 0 Å². The molecule has 0 spiro atoms. The van der Waals surface area contributed by atoms with E-state index in [1.54, 1.807) is 0 Å². The Labute approximate surface area is 182 Å². The van der Waals surface area contributed by atoms with Gasteiger partial charge in [-0.15, -0.1) is 0 Å². The summed E-state index contributed by atoms with van der Waals surface area (Å²) >= 11 is 0. The van der Waals surface area contributed by atoms with Crippen molar-refractivity contribution in [1.82, 2.24) is 20.1 Å². The molecule has 0 aromatic carbocycles. The Morgan fingerprint density at radius 1 is 0.967 bits per heavy atom. The smallest absolute Gasteiger partial charge is 0.224 e. The summed E-state index contributed by atoms with van der Waals surface area (Å²) in [5, 5.41) is 3.43. The summed E-state index contributed by atoms with van der Waals surface area (Å²) in [5.74, 6) is 0.525. The predicted octanol–water partition coefficient (Wildman–Crippen LogP) is 3.99. The molecule has 1 saturated carbocycles. The van der Waals surface area contributed by atoms with Crippen LogP contribution in [0.2, 0.25) is 0 Å². The molecule has 1 N–H and O–H groups in total. The maximum absolute atomic E-state index is 13.0. The zero-order valence-corrected chi connectivity index (χ0v) is 18.6. The predicted molar refractivity (Wildman–Crippen MR) is 121 cm³/mol. The van der Waals surface area contributed by atoms with Gasteiger partial charge in [0.2, 0.25) is 5.91 Å². The molecule has 1 unspecified atom stereocenters. The fourth-order valence-corrected chi connectivity index (χ4v) is 5.66. The molecule has 4 rings (SSSR count). The fourth-order valence-electron chi connectivity index (χ4n) is 5.66. The first-order chi connectivity index (χ1) is 14.8. The van der Waals surface area contributed by atoms with Crippen LogP contribution in [-0.4, -0.2) is 59.0 Å². The van der Waals surface area contributed by atoms with Gasteiger partial charge in [-0.25, -0.2) is 0 Å². The van der Waals surface area contributed by atoms with Gasteiger partial charge in [0.1, 0.15) is 0 Å². The zero-order chi connectivity index (χ0) is 20.6. The van der Waals surface area contributed by atoms with Gasteiger partial charge in [0.15, 0.2) is 0 Å². The molecule has 0 bridgehead atoms. The lowest BCUT2D eigenvalue weighted by Crippen LogP contribution is -2.51. The summed E-state index contributed by atoms with van der Waals surface area (Å²) in [4.78, 5) is 22.4. The second-order valence-corrected chi connectivity index (χ2v) is 9.75. The average molecular weight is 413 g/mol. The number of hydrogen-bond donors (Lipinski definition) is 1. The van der Waals surface area contributed by atoms with E-state index >= 15 is 0 Å². The third kappa shape index (κ3) is 6.27. The molecular weight excluding hydrogens is 372 g/mol. The molecule has 1 amide bonds. The Balaban J connectivity index is 1.22. The number of nitrogens with zero attached hydrogens (tertiary/aromatic N) is 3. The lowest BCUT2D eigenvalue weighted by molar-refractivity contribution is -0.128. The van der Waals surface area contributed by atoms with Gasteiger partial charge in [0.05, 0.1) is 5.92 Å². The van der Waals surface area contributed by atoms with Crippen molar-refractivity contribution in [3.05, 3.63) is 30.1 Å². The van der Waals surface area contributed by atoms with Gasteiger partial charge in [-0.05, 0) is 69.8 Å². The average Bonchev–Trinajstić information content (AvgIpc) is 2.77. The van der Waals surface area contributed by atoms with E-state index in [4.69, 9.17) is 0 Å². The number of pyridine rings is 1. The Kier molecular flexibility index (Phi) is 8.15. The molecule has 5 heteroatoms. The zero-order valence-electron chi connectivity index (χ0n) is 18.6. The molecule has 2 aliphatic heterocycles. The van der Waals surface area contributed by atoms with E-state index in [-0.39, 0.29) is 5.92 Å². The first kappa shape index (κ1) is 21.8. The standard InChI is InChI=1S/C25H40N4O/c30-25(27-23-10-4-2-1-3-5-11-23)22-9-7-15-29(20-22)24-12-16-28(17-13-24)19-21-8-6-14-26-18-21/h6,8,14,18,22-24H,1-5,7,9-13,15-17,19-20H2,(H,27,30). The van der Waals surface area contributed by atoms with Crippen LogP contribution in [0.15, 0.2) is 24.5 Å². The van der Waals surface area contributed by atoms with E-state index < -0.39 is 0 Å². The van der Waals surface area contributed by atoms with Crippen molar-refractivity contribution in [3.8, 4) is 0 Å². The molecule has 5 nitrogen and oxygen atoms in total. The van der Waals surface area contributed by atoms with Gasteiger partial charge in [0, 0.05) is 37.6 Å². The molecule has 3 aliphatic rings. The Morgan fingerprint density at radius 3 is 2.47 bits per heavy atom. The number of likely N-dealkylation sites (tertiary alicyclic amines) is 2. The Morgan fingerprint density at radius 2 is 1.73 bits per heavy atom. The number of nitrogens with one attached hydrogen (secondary N) is 1. The molecule has 1 aromatic rings. The van der Waals surface area contributed by atoms with Crippen LogP contribution < -0.4 is 5.32 Å². The van der Waals surface area contributed by atoms with Crippen molar-refractivity contribution in [1.29, 1.82) is 0 Å². The highest BCUT2D eigenvalue weighted by molar-refractivity contribution is 5.79. The van der Waals surface area contributed by atoms with Crippen molar-refractivity contribution in [2.45, 2.75) is 89.3 Å². The van der Waals surface area contributed by atoms with Crippen LogP contribution in [0.5, 0.6) is 0 Å². The molecule has 30 heavy (non-hydrogen) atoms. The third-order valence-electron chi connectivity index (χ3n) is 7.48. The number of hydrogen-bond acceptors (Lipinski definition) is 4. The first-order valence-electron chi connectivity index (χ1n) is 12.4. The van der Waals surface area contributed by atoms with E-state index in [2.05, 4.69) is 26.2 Å². The van der Waals surface area contributed by atoms with Gasteiger partial charge in [0.25, 0.3) is 0 Å². The van der Waals surface area contributed by atoms with Gasteiger partial charge in [-0.2, -0.15) is 0 Å². The van der Waals surface area contributed by atoms with Gasteiger partial charge in [-0.1, -0.05) is 38.2 Å². The molecular formula is C25H40N4O. The normalized spacial score (nSPS) is 26.1. The Bertz CT molecular complexity index is 636. The number of rotatable bonds is 5. The van der Waals surface area contributed by atoms with Crippen molar-refractivity contribution < 1.29 is 4.79 Å². The lowest BCUT2D eigenvalue weighted by atomic mass is 9.92. The second kappa shape index (κ2) is 11.2. The second-order valence-electron chi connectivity index (χ2n) is 9.75. The van der Waals surface area contributed by atoms with Crippen LogP contribution in [0.1, 0.15) is 76.2 Å². The van der Waals surface area contributed by atoms with Crippen LogP contribution in [0, 0.1) is 5.92 Å². The highest BCUT2D eigenvalue weighted by atomic mass is 16.2. The lowest BCUT2D eigenvalue weighted by Gasteiger charge is -2.42. The van der Waals surface area contributed by atoms with Crippen LogP contribution in [-0.2, 0) is 11.3 Å². The SMILES string of the molecule is O=C(NC1CCCCCCC1)C1CCCN(C2CCN(Cc3cccnc3)CC2)C1. The maximum Gasteiger partial charge on any atom is 0.224 e. The number of aromatic nitrogens is 1. The molecule has 3 fully saturated rings. The number of piperidine rings is 2. The van der Waals surface area contributed by atoms with Gasteiger partial charge in [-0.3, -0.25) is 19.6 Å². The number of carbonyl (C=O) groups is 1. The van der Waals surface area contributed by atoms with Crippen LogP contribution >= 0.6 is 0 Å². The fraction of sp³-hybridized carbons (Fsp3) is 0.760. The van der Waals surface area contributed by atoms with Gasteiger partial charge < -0.3 is 5.32 Å². The minimum absolute atomic E-state index is 0.192. The van der Waals surface area contributed by atoms with Crippen LogP contribution in [0.3, 0.4) is 0 Å². The first-order valence-corrected chi connectivity index (χ1v) is 12.4. The summed E-state index contributed by atoms with van der Waals surface area (Å²) in [6, 6.07) is 5.26. The molecule has 1 aromatic heterocycles. The van der Waals surface area contributed by atoms with Gasteiger partial charge >= 0.3 is 0 Å². The largest absolute Gasteiger partial charge is 0.353 e. The number of amides is 1. The van der Waals surface area contributed by atoms with E-state index in [1.165, 1.54) is 76.3 Å². The van der Waals surface area contributed by atoms with Crippen molar-refractivity contribution in [2.75, 3.05) is 26.2 Å². The molecule has 1 aliphatic carbocycles. The monoisotopic (exact) mass is 412 g/mol. The van der Waals surface area contributed by atoms with E-state index in [0.717, 1.165) is 32.6 Å². The van der Waals surface area contributed by atoms with Crippen LogP contribution in [0.4, 0.5) is 0 Å². The molecule has 3 heterocycles. The summed E-state index contributed by atoms with van der Waals surface area (Å²) in [6.45, 7) is 5.43. The maximum atomic E-state index is 13.0. The minimum atomic E-state index is 0.192.